The van der Waals surface area contributed by atoms with Crippen LogP contribution in [0.2, 0.25) is 0 Å². The van der Waals surface area contributed by atoms with Gasteiger partial charge in [0, 0.05) is 23.4 Å². The van der Waals surface area contributed by atoms with E-state index in [-0.39, 0.29) is 5.41 Å². The van der Waals surface area contributed by atoms with Crippen molar-refractivity contribution < 1.29 is 0 Å². The van der Waals surface area contributed by atoms with Crippen LogP contribution in [0.25, 0.3) is 54.7 Å². The lowest BCUT2D eigenvalue weighted by molar-refractivity contribution is 0.413. The predicted octanol–water partition coefficient (Wildman–Crippen LogP) is 7.68. The molecule has 0 saturated carbocycles. The van der Waals surface area contributed by atoms with Gasteiger partial charge < -0.3 is 4.57 Å². The van der Waals surface area contributed by atoms with Gasteiger partial charge in [-0.3, -0.25) is 0 Å². The van der Waals surface area contributed by atoms with Crippen LogP contribution in [0.4, 0.5) is 0 Å². The lowest BCUT2D eigenvalue weighted by Gasteiger charge is -2.20. The van der Waals surface area contributed by atoms with Gasteiger partial charge in [-0.05, 0) is 45.7 Å². The summed E-state index contributed by atoms with van der Waals surface area (Å²) in [6.45, 7) is 6.91. The minimum Gasteiger partial charge on any atom is -0.328 e. The molecule has 0 atom stereocenters. The summed E-state index contributed by atoms with van der Waals surface area (Å²) in [5, 5.41) is 7.43. The molecule has 0 saturated heterocycles. The highest BCUT2D eigenvalue weighted by Gasteiger charge is 2.21. The third-order valence-corrected chi connectivity index (χ3v) is 6.60. The molecule has 3 heteroatoms. The highest BCUT2D eigenvalue weighted by molar-refractivity contribution is 6.21. The molecule has 0 radical (unpaired) electrons. The zero-order valence-corrected chi connectivity index (χ0v) is 19.6. The van der Waals surface area contributed by atoms with Gasteiger partial charge in [0.25, 0.3) is 0 Å². The summed E-state index contributed by atoms with van der Waals surface area (Å²) >= 11 is 0. The molecule has 0 bridgehead atoms. The van der Waals surface area contributed by atoms with Crippen LogP contribution in [-0.2, 0) is 13.5 Å². The SMILES string of the molecule is Cn1c2ncnc(-c3ccc4ccccc4c3)c2c2cc(CC(C)(C)C)c3ccccc3c21. The molecule has 0 spiro atoms. The van der Waals surface area contributed by atoms with E-state index in [0.717, 1.165) is 28.7 Å². The van der Waals surface area contributed by atoms with E-state index in [9.17, 15) is 0 Å². The Bertz CT molecular complexity index is 1680. The molecule has 0 unspecified atom stereocenters. The van der Waals surface area contributed by atoms with Crippen molar-refractivity contribution in [2.24, 2.45) is 12.5 Å². The average Bonchev–Trinajstić information content (AvgIpc) is 3.10. The number of aromatic nitrogens is 3. The average molecular weight is 430 g/mol. The first-order valence-electron chi connectivity index (χ1n) is 11.5. The first-order valence-corrected chi connectivity index (χ1v) is 11.5. The zero-order chi connectivity index (χ0) is 22.7. The van der Waals surface area contributed by atoms with Crippen LogP contribution in [0.5, 0.6) is 0 Å². The van der Waals surface area contributed by atoms with Gasteiger partial charge in [-0.25, -0.2) is 9.97 Å². The summed E-state index contributed by atoms with van der Waals surface area (Å²) in [6.07, 6.45) is 2.71. The molecule has 0 fully saturated rings. The summed E-state index contributed by atoms with van der Waals surface area (Å²) in [5.41, 5.74) is 5.89. The van der Waals surface area contributed by atoms with Crippen LogP contribution >= 0.6 is 0 Å². The molecule has 6 rings (SSSR count). The Hall–Kier alpha value is -3.72. The summed E-state index contributed by atoms with van der Waals surface area (Å²) < 4.78 is 2.24. The zero-order valence-electron chi connectivity index (χ0n) is 19.6. The normalized spacial score (nSPS) is 12.4. The standard InChI is InChI=1S/C30H27N3/c1-30(2,3)17-22-16-25-26-27(21-14-13-19-9-5-6-10-20(19)15-21)31-18-32-29(26)33(4)28(25)24-12-8-7-11-23(22)24/h5-16,18H,17H2,1-4H3. The molecule has 3 nitrogen and oxygen atoms in total. The minimum atomic E-state index is 0.193. The first-order chi connectivity index (χ1) is 15.9. The van der Waals surface area contributed by atoms with E-state index in [0.29, 0.717) is 0 Å². The number of nitrogens with zero attached hydrogens (tertiary/aromatic N) is 3. The smallest absolute Gasteiger partial charge is 0.144 e. The van der Waals surface area contributed by atoms with Crippen molar-refractivity contribution in [2.45, 2.75) is 27.2 Å². The summed E-state index contributed by atoms with van der Waals surface area (Å²) in [4.78, 5) is 9.54. The van der Waals surface area contributed by atoms with Crippen LogP contribution in [0.15, 0.2) is 79.1 Å². The van der Waals surface area contributed by atoms with Crippen LogP contribution < -0.4 is 0 Å². The number of benzene rings is 4. The fourth-order valence-electron chi connectivity index (χ4n) is 5.24. The Balaban J connectivity index is 1.74. The van der Waals surface area contributed by atoms with Gasteiger partial charge >= 0.3 is 0 Å². The van der Waals surface area contributed by atoms with Gasteiger partial charge in [0.05, 0.1) is 16.6 Å². The molecule has 6 aromatic rings. The van der Waals surface area contributed by atoms with Crippen molar-refractivity contribution in [2.75, 3.05) is 0 Å². The molecule has 4 aromatic carbocycles. The number of rotatable bonds is 2. The predicted molar refractivity (Wildman–Crippen MR) is 140 cm³/mol. The van der Waals surface area contributed by atoms with E-state index < -0.39 is 0 Å². The Morgan fingerprint density at radius 3 is 2.27 bits per heavy atom. The lowest BCUT2D eigenvalue weighted by atomic mass is 9.85. The molecule has 0 aliphatic heterocycles. The topological polar surface area (TPSA) is 30.7 Å². The van der Waals surface area contributed by atoms with E-state index in [2.05, 4.69) is 105 Å². The number of hydrogen-bond acceptors (Lipinski definition) is 2. The maximum atomic E-state index is 4.81. The molecular formula is C30H27N3. The number of fused-ring (bicyclic) bond motifs is 6. The Morgan fingerprint density at radius 2 is 1.48 bits per heavy atom. The third-order valence-electron chi connectivity index (χ3n) is 6.60. The van der Waals surface area contributed by atoms with Crippen molar-refractivity contribution in [3.05, 3.63) is 84.7 Å². The first kappa shape index (κ1) is 19.9. The molecule has 0 aliphatic carbocycles. The van der Waals surface area contributed by atoms with Gasteiger partial charge in [-0.15, -0.1) is 0 Å². The Labute approximate surface area is 193 Å². The monoisotopic (exact) mass is 429 g/mol. The Morgan fingerprint density at radius 1 is 0.758 bits per heavy atom. The molecule has 2 heterocycles. The van der Waals surface area contributed by atoms with Crippen molar-refractivity contribution >= 4 is 43.5 Å². The second-order valence-electron chi connectivity index (χ2n) is 10.3. The molecular weight excluding hydrogens is 402 g/mol. The molecule has 33 heavy (non-hydrogen) atoms. The van der Waals surface area contributed by atoms with E-state index >= 15 is 0 Å². The van der Waals surface area contributed by atoms with Crippen molar-refractivity contribution in [1.29, 1.82) is 0 Å². The van der Waals surface area contributed by atoms with E-state index in [1.165, 1.54) is 38.0 Å². The van der Waals surface area contributed by atoms with Crippen molar-refractivity contribution in [3.63, 3.8) is 0 Å². The maximum absolute atomic E-state index is 4.81. The fraction of sp³-hybridized carbons (Fsp3) is 0.200. The molecule has 2 aromatic heterocycles. The summed E-state index contributed by atoms with van der Waals surface area (Å²) in [5.74, 6) is 0. The van der Waals surface area contributed by atoms with Gasteiger partial charge in [-0.2, -0.15) is 0 Å². The highest BCUT2D eigenvalue weighted by atomic mass is 15.0. The van der Waals surface area contributed by atoms with Gasteiger partial charge in [0.2, 0.25) is 0 Å². The maximum Gasteiger partial charge on any atom is 0.144 e. The summed E-state index contributed by atoms with van der Waals surface area (Å²) in [6, 6.07) is 26.2. The van der Waals surface area contributed by atoms with Crippen molar-refractivity contribution in [3.8, 4) is 11.3 Å². The number of aryl methyl sites for hydroxylation is 1. The second kappa shape index (κ2) is 7.14. The van der Waals surface area contributed by atoms with Crippen molar-refractivity contribution in [1.82, 2.24) is 14.5 Å². The molecule has 0 amide bonds. The minimum absolute atomic E-state index is 0.193. The summed E-state index contributed by atoms with van der Waals surface area (Å²) in [7, 11) is 2.12. The van der Waals surface area contributed by atoms with Gasteiger partial charge in [0.1, 0.15) is 12.0 Å². The van der Waals surface area contributed by atoms with Crippen LogP contribution in [-0.4, -0.2) is 14.5 Å². The molecule has 0 N–H and O–H groups in total. The van der Waals surface area contributed by atoms with E-state index in [1.54, 1.807) is 6.33 Å². The largest absolute Gasteiger partial charge is 0.328 e. The fourth-order valence-corrected chi connectivity index (χ4v) is 5.24. The van der Waals surface area contributed by atoms with Crippen LogP contribution in [0.3, 0.4) is 0 Å². The Kier molecular flexibility index (Phi) is 4.31. The lowest BCUT2D eigenvalue weighted by Crippen LogP contribution is -2.09. The van der Waals surface area contributed by atoms with E-state index in [4.69, 9.17) is 9.97 Å². The second-order valence-corrected chi connectivity index (χ2v) is 10.3. The third kappa shape index (κ3) is 3.19. The van der Waals surface area contributed by atoms with Crippen LogP contribution in [0.1, 0.15) is 26.3 Å². The van der Waals surface area contributed by atoms with Crippen LogP contribution in [0, 0.1) is 5.41 Å². The molecule has 162 valence electrons. The number of hydrogen-bond donors (Lipinski definition) is 0. The molecule has 0 aliphatic rings. The quantitative estimate of drug-likeness (QED) is 0.282. The van der Waals surface area contributed by atoms with E-state index in [1.807, 2.05) is 0 Å². The van der Waals surface area contributed by atoms with Gasteiger partial charge in [-0.1, -0.05) is 81.4 Å². The highest BCUT2D eigenvalue weighted by Crippen LogP contribution is 2.40. The van der Waals surface area contributed by atoms with Gasteiger partial charge in [0.15, 0.2) is 0 Å².